The van der Waals surface area contributed by atoms with Gasteiger partial charge in [-0.1, -0.05) is 11.1 Å². The molecule has 0 spiro atoms. The Bertz CT molecular complexity index is 223. The average molecular weight is 185 g/mol. The standard InChI is InChI=1S/C9H15NOS/c1-7-3-4-10(5-8(7)2)9(11)6-12/h12H,3-6H2,1-2H3. The van der Waals surface area contributed by atoms with Crippen LogP contribution in [0.5, 0.6) is 0 Å². The van der Waals surface area contributed by atoms with Crippen LogP contribution >= 0.6 is 12.6 Å². The molecule has 12 heavy (non-hydrogen) atoms. The summed E-state index contributed by atoms with van der Waals surface area (Å²) in [6, 6.07) is 0. The normalized spacial score (nSPS) is 18.4. The predicted octanol–water partition coefficient (Wildman–Crippen LogP) is 1.48. The summed E-state index contributed by atoms with van der Waals surface area (Å²) in [5.41, 5.74) is 2.76. The largest absolute Gasteiger partial charge is 0.338 e. The smallest absolute Gasteiger partial charge is 0.232 e. The van der Waals surface area contributed by atoms with Crippen LogP contribution in [-0.4, -0.2) is 29.6 Å². The summed E-state index contributed by atoms with van der Waals surface area (Å²) in [6.45, 7) is 5.89. The van der Waals surface area contributed by atoms with Crippen LogP contribution in [0.1, 0.15) is 20.3 Å². The molecule has 0 bridgehead atoms. The molecule has 0 aromatic carbocycles. The van der Waals surface area contributed by atoms with Gasteiger partial charge in [0, 0.05) is 13.1 Å². The molecule has 0 aromatic heterocycles. The van der Waals surface area contributed by atoms with E-state index in [4.69, 9.17) is 0 Å². The maximum Gasteiger partial charge on any atom is 0.232 e. The summed E-state index contributed by atoms with van der Waals surface area (Å²) in [5, 5.41) is 0. The van der Waals surface area contributed by atoms with E-state index in [0.717, 1.165) is 19.5 Å². The van der Waals surface area contributed by atoms with Crippen LogP contribution in [0.4, 0.5) is 0 Å². The van der Waals surface area contributed by atoms with Crippen molar-refractivity contribution in [2.75, 3.05) is 18.8 Å². The molecule has 0 saturated heterocycles. The molecule has 1 heterocycles. The number of hydrogen-bond acceptors (Lipinski definition) is 2. The molecule has 0 saturated carbocycles. The zero-order valence-electron chi connectivity index (χ0n) is 7.63. The SMILES string of the molecule is CC1=C(C)CN(C(=O)CS)CC1. The monoisotopic (exact) mass is 185 g/mol. The lowest BCUT2D eigenvalue weighted by Crippen LogP contribution is -2.37. The first kappa shape index (κ1) is 9.65. The minimum Gasteiger partial charge on any atom is -0.338 e. The fourth-order valence-corrected chi connectivity index (χ4v) is 1.53. The first-order chi connectivity index (χ1) is 5.65. The summed E-state index contributed by atoms with van der Waals surface area (Å²) < 4.78 is 0. The summed E-state index contributed by atoms with van der Waals surface area (Å²) in [7, 11) is 0. The number of amides is 1. The summed E-state index contributed by atoms with van der Waals surface area (Å²) in [5.74, 6) is 0.469. The van der Waals surface area contributed by atoms with Crippen molar-refractivity contribution in [1.29, 1.82) is 0 Å². The molecular formula is C9H15NOS. The third kappa shape index (κ3) is 2.03. The molecule has 0 aromatic rings. The van der Waals surface area contributed by atoms with E-state index in [9.17, 15) is 4.79 Å². The number of rotatable bonds is 1. The molecule has 1 rings (SSSR count). The Morgan fingerprint density at radius 3 is 2.67 bits per heavy atom. The van der Waals surface area contributed by atoms with E-state index in [2.05, 4.69) is 26.5 Å². The highest BCUT2D eigenvalue weighted by molar-refractivity contribution is 7.81. The maximum atomic E-state index is 11.2. The van der Waals surface area contributed by atoms with Crippen molar-refractivity contribution in [3.63, 3.8) is 0 Å². The number of hydrogen-bond donors (Lipinski definition) is 1. The zero-order chi connectivity index (χ0) is 9.14. The molecule has 0 atom stereocenters. The van der Waals surface area contributed by atoms with Gasteiger partial charge in [0.1, 0.15) is 0 Å². The second kappa shape index (κ2) is 3.99. The van der Waals surface area contributed by atoms with Crippen LogP contribution in [0.15, 0.2) is 11.1 Å². The lowest BCUT2D eigenvalue weighted by molar-refractivity contribution is -0.128. The van der Waals surface area contributed by atoms with E-state index < -0.39 is 0 Å². The van der Waals surface area contributed by atoms with Gasteiger partial charge in [-0.05, 0) is 20.3 Å². The Morgan fingerprint density at radius 2 is 2.17 bits per heavy atom. The predicted molar refractivity (Wildman–Crippen MR) is 53.4 cm³/mol. The summed E-state index contributed by atoms with van der Waals surface area (Å²) in [4.78, 5) is 13.1. The first-order valence-electron chi connectivity index (χ1n) is 4.19. The van der Waals surface area contributed by atoms with E-state index in [-0.39, 0.29) is 5.91 Å². The number of thiol groups is 1. The molecule has 1 aliphatic heterocycles. The van der Waals surface area contributed by atoms with Crippen molar-refractivity contribution in [1.82, 2.24) is 4.90 Å². The third-order valence-electron chi connectivity index (χ3n) is 2.40. The summed E-state index contributed by atoms with van der Waals surface area (Å²) >= 11 is 3.97. The molecule has 3 heteroatoms. The van der Waals surface area contributed by atoms with Crippen LogP contribution in [0.25, 0.3) is 0 Å². The Morgan fingerprint density at radius 1 is 1.50 bits per heavy atom. The number of nitrogens with zero attached hydrogens (tertiary/aromatic N) is 1. The Balaban J connectivity index is 2.60. The Kier molecular flexibility index (Phi) is 3.20. The van der Waals surface area contributed by atoms with Gasteiger partial charge in [0.15, 0.2) is 0 Å². The van der Waals surface area contributed by atoms with Gasteiger partial charge in [-0.25, -0.2) is 0 Å². The molecule has 68 valence electrons. The molecule has 2 nitrogen and oxygen atoms in total. The fourth-order valence-electron chi connectivity index (χ4n) is 1.33. The second-order valence-corrected chi connectivity index (χ2v) is 3.60. The highest BCUT2D eigenvalue weighted by Gasteiger charge is 2.17. The topological polar surface area (TPSA) is 20.3 Å². The van der Waals surface area contributed by atoms with Gasteiger partial charge in [-0.3, -0.25) is 4.79 Å². The van der Waals surface area contributed by atoms with E-state index in [1.54, 1.807) is 0 Å². The molecule has 1 aliphatic rings. The van der Waals surface area contributed by atoms with Gasteiger partial charge in [0.05, 0.1) is 5.75 Å². The van der Waals surface area contributed by atoms with Gasteiger partial charge < -0.3 is 4.90 Å². The molecule has 0 fully saturated rings. The van der Waals surface area contributed by atoms with Crippen molar-refractivity contribution in [2.24, 2.45) is 0 Å². The quantitative estimate of drug-likeness (QED) is 0.485. The van der Waals surface area contributed by atoms with E-state index in [0.29, 0.717) is 5.75 Å². The van der Waals surface area contributed by atoms with Crippen molar-refractivity contribution in [3.8, 4) is 0 Å². The van der Waals surface area contributed by atoms with Gasteiger partial charge in [0.2, 0.25) is 5.91 Å². The second-order valence-electron chi connectivity index (χ2n) is 3.28. The average Bonchev–Trinajstić information content (AvgIpc) is 2.08. The molecular weight excluding hydrogens is 170 g/mol. The van der Waals surface area contributed by atoms with Crippen LogP contribution in [-0.2, 0) is 4.79 Å². The minimum atomic E-state index is 0.144. The molecule has 0 aliphatic carbocycles. The Labute approximate surface area is 79.0 Å². The van der Waals surface area contributed by atoms with Gasteiger partial charge in [-0.2, -0.15) is 12.6 Å². The van der Waals surface area contributed by atoms with E-state index in [1.807, 2.05) is 4.90 Å². The molecule has 0 radical (unpaired) electrons. The van der Waals surface area contributed by atoms with Gasteiger partial charge >= 0.3 is 0 Å². The Hall–Kier alpha value is -0.440. The lowest BCUT2D eigenvalue weighted by atomic mass is 10.0. The number of carbonyl (C=O) groups is 1. The number of carbonyl (C=O) groups excluding carboxylic acids is 1. The highest BCUT2D eigenvalue weighted by atomic mass is 32.1. The summed E-state index contributed by atoms with van der Waals surface area (Å²) in [6.07, 6.45) is 1.02. The van der Waals surface area contributed by atoms with Gasteiger partial charge in [0.25, 0.3) is 0 Å². The van der Waals surface area contributed by atoms with Gasteiger partial charge in [-0.15, -0.1) is 0 Å². The molecule has 0 unspecified atom stereocenters. The van der Waals surface area contributed by atoms with Crippen LogP contribution in [0, 0.1) is 0 Å². The molecule has 0 N–H and O–H groups in total. The van der Waals surface area contributed by atoms with Crippen LogP contribution < -0.4 is 0 Å². The minimum absolute atomic E-state index is 0.144. The first-order valence-corrected chi connectivity index (χ1v) is 4.82. The van der Waals surface area contributed by atoms with Crippen LogP contribution in [0.2, 0.25) is 0 Å². The fraction of sp³-hybridized carbons (Fsp3) is 0.667. The van der Waals surface area contributed by atoms with Crippen molar-refractivity contribution >= 4 is 18.5 Å². The maximum absolute atomic E-state index is 11.2. The highest BCUT2D eigenvalue weighted by Crippen LogP contribution is 2.16. The van der Waals surface area contributed by atoms with E-state index >= 15 is 0 Å². The van der Waals surface area contributed by atoms with Crippen molar-refractivity contribution < 1.29 is 4.79 Å². The van der Waals surface area contributed by atoms with Crippen molar-refractivity contribution in [3.05, 3.63) is 11.1 Å². The van der Waals surface area contributed by atoms with Crippen LogP contribution in [0.3, 0.4) is 0 Å². The lowest BCUT2D eigenvalue weighted by Gasteiger charge is -2.28. The van der Waals surface area contributed by atoms with Crippen molar-refractivity contribution in [2.45, 2.75) is 20.3 Å². The zero-order valence-corrected chi connectivity index (χ0v) is 8.53. The third-order valence-corrected chi connectivity index (χ3v) is 2.67. The van der Waals surface area contributed by atoms with E-state index in [1.165, 1.54) is 11.1 Å². The molecule has 1 amide bonds.